The Kier molecular flexibility index (Phi) is 1.81. The zero-order valence-electron chi connectivity index (χ0n) is 6.47. The molecule has 0 saturated heterocycles. The van der Waals surface area contributed by atoms with Gasteiger partial charge in [0.05, 0.1) is 10.5 Å². The van der Waals surface area contributed by atoms with Crippen molar-refractivity contribution in [2.24, 2.45) is 0 Å². The third kappa shape index (κ3) is 1.31. The Labute approximate surface area is 78.0 Å². The van der Waals surface area contributed by atoms with E-state index in [0.717, 1.165) is 0 Å². The molecule has 13 heavy (non-hydrogen) atoms. The first kappa shape index (κ1) is 8.26. The van der Waals surface area contributed by atoms with Crippen LogP contribution in [0.5, 0.6) is 0 Å². The number of aromatic amines is 1. The maximum absolute atomic E-state index is 13.3. The van der Waals surface area contributed by atoms with E-state index >= 15 is 0 Å². The van der Waals surface area contributed by atoms with Crippen molar-refractivity contribution >= 4 is 22.5 Å². The summed E-state index contributed by atoms with van der Waals surface area (Å²) in [4.78, 5) is 13.3. The van der Waals surface area contributed by atoms with Crippen LogP contribution < -0.4 is 5.56 Å². The predicted octanol–water partition coefficient (Wildman–Crippen LogP) is 2.32. The van der Waals surface area contributed by atoms with Gasteiger partial charge in [-0.1, -0.05) is 17.7 Å². The van der Waals surface area contributed by atoms with E-state index in [-0.39, 0.29) is 16.1 Å². The van der Waals surface area contributed by atoms with Crippen molar-refractivity contribution in [3.05, 3.63) is 45.5 Å². The van der Waals surface area contributed by atoms with Gasteiger partial charge < -0.3 is 4.98 Å². The van der Waals surface area contributed by atoms with E-state index in [4.69, 9.17) is 11.6 Å². The molecule has 0 amide bonds. The van der Waals surface area contributed by atoms with E-state index in [0.29, 0.717) is 5.39 Å². The van der Waals surface area contributed by atoms with Gasteiger partial charge in [-0.15, -0.1) is 0 Å². The average Bonchev–Trinajstić information content (AvgIpc) is 2.12. The molecule has 0 aliphatic rings. The van der Waals surface area contributed by atoms with Crippen LogP contribution in [0.4, 0.5) is 4.39 Å². The van der Waals surface area contributed by atoms with Crippen molar-refractivity contribution in [2.75, 3.05) is 0 Å². The normalized spacial score (nSPS) is 10.6. The SMILES string of the molecule is O=c1ccc2ccc(Cl)c(F)c2[nH]1. The fourth-order valence-electron chi connectivity index (χ4n) is 1.16. The molecule has 0 radical (unpaired) electrons. The van der Waals surface area contributed by atoms with Crippen LogP contribution in [0.1, 0.15) is 0 Å². The number of nitrogens with one attached hydrogen (secondary N) is 1. The molecule has 0 aliphatic carbocycles. The molecule has 0 unspecified atom stereocenters. The van der Waals surface area contributed by atoms with Gasteiger partial charge in [0.2, 0.25) is 5.56 Å². The molecule has 1 aromatic carbocycles. The highest BCUT2D eigenvalue weighted by Gasteiger charge is 2.05. The highest BCUT2D eigenvalue weighted by Crippen LogP contribution is 2.21. The number of hydrogen-bond acceptors (Lipinski definition) is 1. The number of fused-ring (bicyclic) bond motifs is 1. The molecule has 4 heteroatoms. The minimum absolute atomic E-state index is 0.00866. The summed E-state index contributed by atoms with van der Waals surface area (Å²) < 4.78 is 13.3. The predicted molar refractivity (Wildman–Crippen MR) is 49.5 cm³/mol. The Morgan fingerprint density at radius 1 is 1.23 bits per heavy atom. The Balaban J connectivity index is 2.97. The minimum atomic E-state index is -0.586. The van der Waals surface area contributed by atoms with Gasteiger partial charge in [-0.2, -0.15) is 0 Å². The summed E-state index contributed by atoms with van der Waals surface area (Å²) in [6.45, 7) is 0. The standard InChI is InChI=1S/C9H5ClFNO/c10-6-3-1-5-2-4-7(13)12-9(5)8(6)11/h1-4H,(H,12,13). The zero-order chi connectivity index (χ0) is 9.42. The first-order valence-corrected chi connectivity index (χ1v) is 4.03. The van der Waals surface area contributed by atoms with Gasteiger partial charge in [-0.3, -0.25) is 4.79 Å². The molecular formula is C9H5ClFNO. The first-order chi connectivity index (χ1) is 6.18. The summed E-state index contributed by atoms with van der Waals surface area (Å²) in [6.07, 6.45) is 0. The van der Waals surface area contributed by atoms with E-state index in [2.05, 4.69) is 4.98 Å². The molecule has 0 aliphatic heterocycles. The van der Waals surface area contributed by atoms with E-state index < -0.39 is 5.82 Å². The molecule has 1 N–H and O–H groups in total. The molecule has 0 fully saturated rings. The monoisotopic (exact) mass is 197 g/mol. The third-order valence-corrected chi connectivity index (χ3v) is 2.08. The first-order valence-electron chi connectivity index (χ1n) is 3.65. The Morgan fingerprint density at radius 2 is 1.92 bits per heavy atom. The number of aromatic nitrogens is 1. The molecule has 66 valence electrons. The van der Waals surface area contributed by atoms with Crippen LogP contribution in [0.25, 0.3) is 10.9 Å². The Morgan fingerprint density at radius 3 is 2.69 bits per heavy atom. The highest BCUT2D eigenvalue weighted by molar-refractivity contribution is 6.31. The summed E-state index contributed by atoms with van der Waals surface area (Å²) in [5, 5.41) is 0.635. The number of H-pyrrole nitrogens is 1. The van der Waals surface area contributed by atoms with Gasteiger partial charge in [-0.05, 0) is 12.1 Å². The largest absolute Gasteiger partial charge is 0.319 e. The van der Waals surface area contributed by atoms with E-state index in [1.54, 1.807) is 12.1 Å². The molecule has 2 aromatic rings. The minimum Gasteiger partial charge on any atom is -0.319 e. The number of rotatable bonds is 0. The third-order valence-electron chi connectivity index (χ3n) is 1.79. The lowest BCUT2D eigenvalue weighted by Crippen LogP contribution is -2.03. The van der Waals surface area contributed by atoms with Gasteiger partial charge in [0, 0.05) is 11.5 Å². The number of halogens is 2. The second-order valence-electron chi connectivity index (χ2n) is 2.65. The van der Waals surface area contributed by atoms with Crippen LogP contribution in [0.2, 0.25) is 5.02 Å². The van der Waals surface area contributed by atoms with Gasteiger partial charge in [0.15, 0.2) is 5.82 Å². The molecule has 1 aromatic heterocycles. The summed E-state index contributed by atoms with van der Waals surface area (Å²) in [7, 11) is 0. The highest BCUT2D eigenvalue weighted by atomic mass is 35.5. The van der Waals surface area contributed by atoms with E-state index in [9.17, 15) is 9.18 Å². The average molecular weight is 198 g/mol. The Hall–Kier alpha value is -1.35. The van der Waals surface area contributed by atoms with Gasteiger partial charge in [0.1, 0.15) is 0 Å². The second-order valence-corrected chi connectivity index (χ2v) is 3.06. The molecular weight excluding hydrogens is 193 g/mol. The van der Waals surface area contributed by atoms with E-state index in [1.165, 1.54) is 12.1 Å². The summed E-state index contributed by atoms with van der Waals surface area (Å²) in [5.74, 6) is -0.586. The summed E-state index contributed by atoms with van der Waals surface area (Å²) >= 11 is 5.54. The van der Waals surface area contributed by atoms with Crippen LogP contribution >= 0.6 is 11.6 Å². The van der Waals surface area contributed by atoms with Crippen molar-refractivity contribution in [2.45, 2.75) is 0 Å². The molecule has 2 rings (SSSR count). The molecule has 2 nitrogen and oxygen atoms in total. The Bertz CT molecular complexity index is 520. The maximum atomic E-state index is 13.3. The van der Waals surface area contributed by atoms with Crippen LogP contribution in [0.3, 0.4) is 0 Å². The second kappa shape index (κ2) is 2.85. The van der Waals surface area contributed by atoms with Gasteiger partial charge in [0.25, 0.3) is 0 Å². The molecule has 0 saturated carbocycles. The lowest BCUT2D eigenvalue weighted by molar-refractivity contribution is 0.637. The summed E-state index contributed by atoms with van der Waals surface area (Å²) in [5.41, 5.74) is -0.186. The van der Waals surface area contributed by atoms with Crippen molar-refractivity contribution in [1.29, 1.82) is 0 Å². The molecule has 1 heterocycles. The number of hydrogen-bond donors (Lipinski definition) is 1. The van der Waals surface area contributed by atoms with Gasteiger partial charge in [-0.25, -0.2) is 4.39 Å². The molecule has 0 spiro atoms. The van der Waals surface area contributed by atoms with Crippen LogP contribution in [0.15, 0.2) is 29.1 Å². The maximum Gasteiger partial charge on any atom is 0.248 e. The van der Waals surface area contributed by atoms with Crippen molar-refractivity contribution in [3.8, 4) is 0 Å². The van der Waals surface area contributed by atoms with Crippen molar-refractivity contribution in [3.63, 3.8) is 0 Å². The molecule has 0 atom stereocenters. The van der Waals surface area contributed by atoms with Crippen molar-refractivity contribution < 1.29 is 4.39 Å². The lowest BCUT2D eigenvalue weighted by atomic mass is 10.2. The van der Waals surface area contributed by atoms with Gasteiger partial charge >= 0.3 is 0 Å². The summed E-state index contributed by atoms with van der Waals surface area (Å²) in [6, 6.07) is 6.00. The lowest BCUT2D eigenvalue weighted by Gasteiger charge is -1.99. The fourth-order valence-corrected chi connectivity index (χ4v) is 1.32. The number of pyridine rings is 1. The fraction of sp³-hybridized carbons (Fsp3) is 0. The van der Waals surface area contributed by atoms with Crippen LogP contribution in [0, 0.1) is 5.82 Å². The zero-order valence-corrected chi connectivity index (χ0v) is 7.23. The van der Waals surface area contributed by atoms with Crippen LogP contribution in [-0.4, -0.2) is 4.98 Å². The van der Waals surface area contributed by atoms with Crippen molar-refractivity contribution in [1.82, 2.24) is 4.98 Å². The molecule has 0 bridgehead atoms. The van der Waals surface area contributed by atoms with Crippen LogP contribution in [-0.2, 0) is 0 Å². The number of benzene rings is 1. The topological polar surface area (TPSA) is 32.9 Å². The smallest absolute Gasteiger partial charge is 0.248 e. The quantitative estimate of drug-likeness (QED) is 0.691. The van der Waals surface area contributed by atoms with E-state index in [1.807, 2.05) is 0 Å².